The molecular weight excluding hydrogens is 284 g/mol. The molecule has 2 N–H and O–H groups in total. The molecule has 118 valence electrons. The summed E-state index contributed by atoms with van der Waals surface area (Å²) in [5.74, 6) is 1.36. The van der Waals surface area contributed by atoms with Crippen molar-refractivity contribution in [1.82, 2.24) is 4.72 Å². The van der Waals surface area contributed by atoms with Crippen molar-refractivity contribution in [2.45, 2.75) is 44.4 Å². The maximum atomic E-state index is 12.3. The third-order valence-electron chi connectivity index (χ3n) is 4.31. The number of hydrogen-bond donors (Lipinski definition) is 2. The van der Waals surface area contributed by atoms with Gasteiger partial charge in [-0.2, -0.15) is 0 Å². The van der Waals surface area contributed by atoms with Crippen molar-refractivity contribution in [1.29, 1.82) is 0 Å². The number of sulfonamides is 1. The lowest BCUT2D eigenvalue weighted by molar-refractivity contribution is 0.439. The molecule has 2 unspecified atom stereocenters. The predicted octanol–water partition coefficient (Wildman–Crippen LogP) is 3.22. The Morgan fingerprint density at radius 1 is 1.24 bits per heavy atom. The Hall–Kier alpha value is -1.07. The molecule has 0 radical (unpaired) electrons. The van der Waals surface area contributed by atoms with Gasteiger partial charge in [0.05, 0.1) is 5.69 Å². The first-order chi connectivity index (χ1) is 10.0. The highest BCUT2D eigenvalue weighted by Gasteiger charge is 2.24. The Morgan fingerprint density at radius 2 is 2.00 bits per heavy atom. The summed E-state index contributed by atoms with van der Waals surface area (Å²) in [5, 5.41) is 3.35. The second-order valence-electron chi connectivity index (χ2n) is 5.94. The maximum absolute atomic E-state index is 12.3. The Morgan fingerprint density at radius 3 is 2.67 bits per heavy atom. The minimum absolute atomic E-state index is 0.351. The van der Waals surface area contributed by atoms with E-state index in [1.165, 1.54) is 19.3 Å². The second-order valence-corrected chi connectivity index (χ2v) is 7.68. The zero-order valence-electron chi connectivity index (χ0n) is 12.9. The summed E-state index contributed by atoms with van der Waals surface area (Å²) in [6.07, 6.45) is 4.58. The van der Waals surface area contributed by atoms with Crippen molar-refractivity contribution >= 4 is 15.7 Å². The van der Waals surface area contributed by atoms with E-state index in [1.807, 2.05) is 19.1 Å². The molecule has 0 spiro atoms. The number of rotatable bonds is 7. The van der Waals surface area contributed by atoms with Crippen molar-refractivity contribution in [2.75, 3.05) is 18.4 Å². The highest BCUT2D eigenvalue weighted by atomic mass is 32.2. The first-order valence-corrected chi connectivity index (χ1v) is 9.35. The number of hydrogen-bond acceptors (Lipinski definition) is 3. The monoisotopic (exact) mass is 310 g/mol. The van der Waals surface area contributed by atoms with Gasteiger partial charge in [0, 0.05) is 13.1 Å². The van der Waals surface area contributed by atoms with Gasteiger partial charge in [0.2, 0.25) is 10.0 Å². The summed E-state index contributed by atoms with van der Waals surface area (Å²) in [5.41, 5.74) is 0.709. The van der Waals surface area contributed by atoms with Crippen molar-refractivity contribution in [3.8, 4) is 0 Å². The lowest BCUT2D eigenvalue weighted by Gasteiger charge is -2.18. The van der Waals surface area contributed by atoms with E-state index in [0.717, 1.165) is 18.9 Å². The average molecular weight is 310 g/mol. The molecule has 0 bridgehead atoms. The van der Waals surface area contributed by atoms with E-state index in [9.17, 15) is 8.42 Å². The lowest BCUT2D eigenvalue weighted by atomic mass is 9.98. The molecule has 1 saturated carbocycles. The fourth-order valence-electron chi connectivity index (χ4n) is 2.93. The molecule has 0 saturated heterocycles. The quantitative estimate of drug-likeness (QED) is 0.813. The molecule has 21 heavy (non-hydrogen) atoms. The molecule has 2 rings (SSSR count). The van der Waals surface area contributed by atoms with Gasteiger partial charge in [0.1, 0.15) is 4.90 Å². The number of nitrogens with one attached hydrogen (secondary N) is 2. The van der Waals surface area contributed by atoms with Crippen LogP contribution in [0, 0.1) is 11.8 Å². The molecule has 0 aliphatic heterocycles. The maximum Gasteiger partial charge on any atom is 0.242 e. The van der Waals surface area contributed by atoms with Crippen molar-refractivity contribution in [3.63, 3.8) is 0 Å². The fraction of sp³-hybridized carbons (Fsp3) is 0.625. The van der Waals surface area contributed by atoms with E-state index >= 15 is 0 Å². The molecule has 4 nitrogen and oxygen atoms in total. The number of para-hydroxylation sites is 1. The van der Waals surface area contributed by atoms with Gasteiger partial charge in [0.25, 0.3) is 0 Å². The van der Waals surface area contributed by atoms with E-state index in [4.69, 9.17) is 0 Å². The molecule has 1 fully saturated rings. The number of benzene rings is 1. The molecule has 5 heteroatoms. The minimum Gasteiger partial charge on any atom is -0.384 e. The Balaban J connectivity index is 2.09. The third kappa shape index (κ3) is 4.20. The van der Waals surface area contributed by atoms with Gasteiger partial charge >= 0.3 is 0 Å². The van der Waals surface area contributed by atoms with Crippen molar-refractivity contribution in [3.05, 3.63) is 24.3 Å². The summed E-state index contributed by atoms with van der Waals surface area (Å²) in [4.78, 5) is 0.351. The van der Waals surface area contributed by atoms with Crippen LogP contribution in [0.1, 0.15) is 39.5 Å². The van der Waals surface area contributed by atoms with Crippen LogP contribution in [0.4, 0.5) is 5.69 Å². The predicted molar refractivity (Wildman–Crippen MR) is 86.9 cm³/mol. The van der Waals surface area contributed by atoms with Crippen LogP contribution in [0.2, 0.25) is 0 Å². The molecular formula is C16H26N2O2S. The molecule has 0 aromatic heterocycles. The van der Waals surface area contributed by atoms with Gasteiger partial charge in [-0.25, -0.2) is 13.1 Å². The third-order valence-corrected chi connectivity index (χ3v) is 5.83. The molecule has 1 aromatic carbocycles. The summed E-state index contributed by atoms with van der Waals surface area (Å²) < 4.78 is 27.3. The summed E-state index contributed by atoms with van der Waals surface area (Å²) >= 11 is 0. The van der Waals surface area contributed by atoms with E-state index in [2.05, 4.69) is 17.0 Å². The van der Waals surface area contributed by atoms with Crippen molar-refractivity contribution in [2.24, 2.45) is 11.8 Å². The topological polar surface area (TPSA) is 58.2 Å². The first-order valence-electron chi connectivity index (χ1n) is 7.87. The first kappa shape index (κ1) is 16.3. The van der Waals surface area contributed by atoms with Crippen LogP contribution < -0.4 is 10.0 Å². The summed E-state index contributed by atoms with van der Waals surface area (Å²) in [6.45, 7) is 5.55. The normalized spacial score (nSPS) is 22.4. The lowest BCUT2D eigenvalue weighted by Crippen LogP contribution is -2.26. The smallest absolute Gasteiger partial charge is 0.242 e. The second kappa shape index (κ2) is 7.27. The van der Waals surface area contributed by atoms with Gasteiger partial charge in [-0.15, -0.1) is 0 Å². The van der Waals surface area contributed by atoms with E-state index < -0.39 is 10.0 Å². The Kier molecular flexibility index (Phi) is 5.65. The van der Waals surface area contributed by atoms with Gasteiger partial charge in [0.15, 0.2) is 0 Å². The molecule has 1 aliphatic carbocycles. The largest absolute Gasteiger partial charge is 0.384 e. The van der Waals surface area contributed by atoms with Crippen LogP contribution in [-0.4, -0.2) is 21.5 Å². The van der Waals surface area contributed by atoms with E-state index in [-0.39, 0.29) is 0 Å². The molecule has 0 heterocycles. The zero-order valence-corrected chi connectivity index (χ0v) is 13.7. The van der Waals surface area contributed by atoms with E-state index in [1.54, 1.807) is 12.1 Å². The highest BCUT2D eigenvalue weighted by Crippen LogP contribution is 2.31. The molecule has 1 aromatic rings. The molecule has 2 atom stereocenters. The van der Waals surface area contributed by atoms with Crippen molar-refractivity contribution < 1.29 is 8.42 Å². The highest BCUT2D eigenvalue weighted by molar-refractivity contribution is 7.89. The summed E-state index contributed by atoms with van der Waals surface area (Å²) in [7, 11) is -3.42. The SMILES string of the molecule is CCCNS(=O)(=O)c1ccccc1NCC1CCCC1C. The van der Waals surface area contributed by atoms with Crippen LogP contribution in [0.5, 0.6) is 0 Å². The zero-order chi connectivity index (χ0) is 15.3. The van der Waals surface area contributed by atoms with Gasteiger partial charge < -0.3 is 5.32 Å². The van der Waals surface area contributed by atoms with Crippen LogP contribution in [-0.2, 0) is 10.0 Å². The van der Waals surface area contributed by atoms with Crippen LogP contribution in [0.15, 0.2) is 29.2 Å². The van der Waals surface area contributed by atoms with Crippen LogP contribution in [0.3, 0.4) is 0 Å². The molecule has 1 aliphatic rings. The summed E-state index contributed by atoms with van der Waals surface area (Å²) in [6, 6.07) is 7.15. The Bertz CT molecular complexity index is 557. The molecule has 0 amide bonds. The average Bonchev–Trinajstić information content (AvgIpc) is 2.88. The van der Waals surface area contributed by atoms with Gasteiger partial charge in [-0.1, -0.05) is 38.8 Å². The van der Waals surface area contributed by atoms with Gasteiger partial charge in [-0.3, -0.25) is 0 Å². The van der Waals surface area contributed by atoms with Crippen LogP contribution >= 0.6 is 0 Å². The van der Waals surface area contributed by atoms with E-state index in [0.29, 0.717) is 23.0 Å². The standard InChI is InChI=1S/C16H26N2O2S/c1-3-11-18-21(19,20)16-10-5-4-9-15(16)17-12-14-8-6-7-13(14)2/h4-5,9-10,13-14,17-18H,3,6-8,11-12H2,1-2H3. The minimum atomic E-state index is -3.42. The number of anilines is 1. The van der Waals surface area contributed by atoms with Crippen LogP contribution in [0.25, 0.3) is 0 Å². The Labute approximate surface area is 128 Å². The fourth-order valence-corrected chi connectivity index (χ4v) is 4.24. The van der Waals surface area contributed by atoms with Gasteiger partial charge in [-0.05, 0) is 36.8 Å².